The number of hydrogen-bond acceptors (Lipinski definition) is 8. The van der Waals surface area contributed by atoms with E-state index in [2.05, 4.69) is 13.8 Å². The summed E-state index contributed by atoms with van der Waals surface area (Å²) in [7, 11) is 0. The minimum Gasteiger partial charge on any atom is -0.457 e. The van der Waals surface area contributed by atoms with Crippen molar-refractivity contribution in [1.29, 1.82) is 0 Å². The molecule has 0 bridgehead atoms. The van der Waals surface area contributed by atoms with Crippen LogP contribution >= 0.6 is 0 Å². The number of ether oxygens (including phenoxy) is 6. The number of carbonyl (C=O) groups is 2. The highest BCUT2D eigenvalue weighted by molar-refractivity contribution is 5.89. The molecule has 2 heterocycles. The van der Waals surface area contributed by atoms with Crippen molar-refractivity contribution in [2.24, 2.45) is 5.92 Å². The van der Waals surface area contributed by atoms with Crippen LogP contribution in [0.5, 0.6) is 0 Å². The summed E-state index contributed by atoms with van der Waals surface area (Å²) in [6.07, 6.45) is 1.31. The minimum atomic E-state index is -0.438. The lowest BCUT2D eigenvalue weighted by atomic mass is 10.0. The lowest BCUT2D eigenvalue weighted by Crippen LogP contribution is -2.23. The second-order valence-corrected chi connectivity index (χ2v) is 8.68. The highest BCUT2D eigenvalue weighted by Crippen LogP contribution is 2.21. The standard InChI is InChI=1S/C15H20O4.C13H16O4/c1-3-11(2)13-9-17-14(19-13)10-18-15(16)12-7-5-4-6-8-12;1-2-11-8-15-12(17-11)9-16-13(14)10-6-4-3-5-7-10/h4-8,11,13-14H,3,9-10H2,1-2H3;3-7,11-12H,2,8-9H2,1H3. The predicted molar refractivity (Wildman–Crippen MR) is 132 cm³/mol. The maximum absolute atomic E-state index is 11.7. The van der Waals surface area contributed by atoms with Crippen molar-refractivity contribution in [3.63, 3.8) is 0 Å². The molecule has 0 aliphatic carbocycles. The highest BCUT2D eigenvalue weighted by Gasteiger charge is 2.30. The zero-order valence-corrected chi connectivity index (χ0v) is 21.2. The Hall–Kier alpha value is -2.78. The summed E-state index contributed by atoms with van der Waals surface area (Å²) in [5.74, 6) is -0.243. The maximum atomic E-state index is 11.7. The van der Waals surface area contributed by atoms with Gasteiger partial charge in [0.2, 0.25) is 0 Å². The second-order valence-electron chi connectivity index (χ2n) is 8.68. The van der Waals surface area contributed by atoms with Crippen molar-refractivity contribution in [2.45, 2.75) is 58.4 Å². The van der Waals surface area contributed by atoms with Gasteiger partial charge in [-0.15, -0.1) is 0 Å². The van der Waals surface area contributed by atoms with Gasteiger partial charge >= 0.3 is 11.9 Å². The third kappa shape index (κ3) is 8.71. The van der Waals surface area contributed by atoms with Crippen molar-refractivity contribution >= 4 is 11.9 Å². The molecule has 5 unspecified atom stereocenters. The Labute approximate surface area is 212 Å². The fourth-order valence-corrected chi connectivity index (χ4v) is 3.54. The van der Waals surface area contributed by atoms with Crippen LogP contribution in [0.4, 0.5) is 0 Å². The van der Waals surface area contributed by atoms with Gasteiger partial charge in [0, 0.05) is 0 Å². The number of esters is 2. The quantitative estimate of drug-likeness (QED) is 0.461. The monoisotopic (exact) mass is 500 g/mol. The fraction of sp³-hybridized carbons (Fsp3) is 0.500. The van der Waals surface area contributed by atoms with E-state index in [9.17, 15) is 9.59 Å². The van der Waals surface area contributed by atoms with Gasteiger partial charge in [0.05, 0.1) is 36.5 Å². The molecule has 196 valence electrons. The summed E-state index contributed by atoms with van der Waals surface area (Å²) >= 11 is 0. The van der Waals surface area contributed by atoms with E-state index in [1.165, 1.54) is 0 Å². The van der Waals surface area contributed by atoms with E-state index in [1.807, 2.05) is 19.1 Å². The van der Waals surface area contributed by atoms with Crippen molar-refractivity contribution in [3.8, 4) is 0 Å². The summed E-state index contributed by atoms with van der Waals surface area (Å²) in [4.78, 5) is 23.4. The largest absolute Gasteiger partial charge is 0.457 e. The number of carbonyl (C=O) groups excluding carboxylic acids is 2. The van der Waals surface area contributed by atoms with Gasteiger partial charge in [-0.05, 0) is 36.6 Å². The first kappa shape index (κ1) is 27.8. The molecule has 8 nitrogen and oxygen atoms in total. The second kappa shape index (κ2) is 14.7. The van der Waals surface area contributed by atoms with E-state index in [0.29, 0.717) is 30.3 Å². The lowest BCUT2D eigenvalue weighted by molar-refractivity contribution is -0.0982. The zero-order valence-electron chi connectivity index (χ0n) is 21.2. The third-order valence-corrected chi connectivity index (χ3v) is 6.04. The van der Waals surface area contributed by atoms with Gasteiger partial charge in [0.1, 0.15) is 13.2 Å². The van der Waals surface area contributed by atoms with Crippen LogP contribution in [-0.2, 0) is 28.4 Å². The van der Waals surface area contributed by atoms with Crippen LogP contribution in [0.2, 0.25) is 0 Å². The Morgan fingerprint density at radius 1 is 0.806 bits per heavy atom. The molecule has 2 saturated heterocycles. The fourth-order valence-electron chi connectivity index (χ4n) is 3.54. The molecule has 2 aliphatic rings. The first-order valence-corrected chi connectivity index (χ1v) is 12.5. The Balaban J connectivity index is 0.000000202. The molecule has 0 amide bonds. The molecule has 8 heteroatoms. The van der Waals surface area contributed by atoms with Gasteiger partial charge < -0.3 is 28.4 Å². The molecule has 0 N–H and O–H groups in total. The topological polar surface area (TPSA) is 89.5 Å². The van der Waals surface area contributed by atoms with Crippen LogP contribution in [0.15, 0.2) is 60.7 Å². The SMILES string of the molecule is CCC(C)C1COC(COC(=O)c2ccccc2)O1.CCC1COC(COC(=O)c2ccccc2)O1. The lowest BCUT2D eigenvalue weighted by Gasteiger charge is -2.16. The summed E-state index contributed by atoms with van der Waals surface area (Å²) in [5, 5.41) is 0. The summed E-state index contributed by atoms with van der Waals surface area (Å²) in [6.45, 7) is 7.72. The summed E-state index contributed by atoms with van der Waals surface area (Å²) in [6, 6.07) is 17.8. The molecule has 2 aromatic rings. The molecule has 4 rings (SSSR count). The average Bonchev–Trinajstić information content (AvgIpc) is 3.61. The summed E-state index contributed by atoms with van der Waals surface area (Å²) < 4.78 is 32.3. The third-order valence-electron chi connectivity index (χ3n) is 6.04. The molecule has 0 aromatic heterocycles. The number of benzene rings is 2. The molecular formula is C28H36O8. The zero-order chi connectivity index (χ0) is 25.8. The maximum Gasteiger partial charge on any atom is 0.338 e. The first-order valence-electron chi connectivity index (χ1n) is 12.5. The van der Waals surface area contributed by atoms with Gasteiger partial charge in [0.15, 0.2) is 12.6 Å². The van der Waals surface area contributed by atoms with Gasteiger partial charge in [-0.3, -0.25) is 0 Å². The van der Waals surface area contributed by atoms with E-state index in [4.69, 9.17) is 28.4 Å². The van der Waals surface area contributed by atoms with E-state index >= 15 is 0 Å². The van der Waals surface area contributed by atoms with E-state index in [0.717, 1.165) is 12.8 Å². The molecule has 2 aliphatic heterocycles. The van der Waals surface area contributed by atoms with Crippen molar-refractivity contribution in [2.75, 3.05) is 26.4 Å². The predicted octanol–water partition coefficient (Wildman–Crippen LogP) is 4.63. The molecule has 0 spiro atoms. The van der Waals surface area contributed by atoms with Gasteiger partial charge in [-0.2, -0.15) is 0 Å². The van der Waals surface area contributed by atoms with E-state index in [-0.39, 0.29) is 37.4 Å². The molecular weight excluding hydrogens is 464 g/mol. The smallest absolute Gasteiger partial charge is 0.338 e. The van der Waals surface area contributed by atoms with Crippen LogP contribution in [0.25, 0.3) is 0 Å². The van der Waals surface area contributed by atoms with Crippen molar-refractivity contribution in [3.05, 3.63) is 71.8 Å². The molecule has 2 aromatic carbocycles. The Morgan fingerprint density at radius 2 is 1.31 bits per heavy atom. The van der Waals surface area contributed by atoms with Crippen LogP contribution in [-0.4, -0.2) is 63.2 Å². The Morgan fingerprint density at radius 3 is 1.78 bits per heavy atom. The number of hydrogen-bond donors (Lipinski definition) is 0. The van der Waals surface area contributed by atoms with Crippen LogP contribution in [0.3, 0.4) is 0 Å². The molecule has 0 radical (unpaired) electrons. The van der Waals surface area contributed by atoms with Crippen molar-refractivity contribution < 1.29 is 38.0 Å². The van der Waals surface area contributed by atoms with Gasteiger partial charge in [-0.1, -0.05) is 63.6 Å². The Kier molecular flexibility index (Phi) is 11.4. The van der Waals surface area contributed by atoms with E-state index < -0.39 is 12.6 Å². The Bertz CT molecular complexity index is 920. The first-order chi connectivity index (χ1) is 17.5. The average molecular weight is 501 g/mol. The molecule has 0 saturated carbocycles. The van der Waals surface area contributed by atoms with Gasteiger partial charge in [-0.25, -0.2) is 9.59 Å². The molecule has 36 heavy (non-hydrogen) atoms. The van der Waals surface area contributed by atoms with Gasteiger partial charge in [0.25, 0.3) is 0 Å². The number of rotatable bonds is 9. The molecule has 5 atom stereocenters. The normalized spacial score (nSPS) is 23.9. The minimum absolute atomic E-state index is 0.102. The van der Waals surface area contributed by atoms with Crippen LogP contribution in [0, 0.1) is 5.92 Å². The highest BCUT2D eigenvalue weighted by atomic mass is 16.7. The van der Waals surface area contributed by atoms with Crippen LogP contribution in [0.1, 0.15) is 54.3 Å². The van der Waals surface area contributed by atoms with Crippen molar-refractivity contribution in [1.82, 2.24) is 0 Å². The summed E-state index contributed by atoms with van der Waals surface area (Å²) in [5.41, 5.74) is 1.08. The van der Waals surface area contributed by atoms with Crippen LogP contribution < -0.4 is 0 Å². The molecule has 2 fully saturated rings. The van der Waals surface area contributed by atoms with E-state index in [1.54, 1.807) is 48.5 Å².